The fourth-order valence-corrected chi connectivity index (χ4v) is 2.67. The van der Waals surface area contributed by atoms with Gasteiger partial charge in [0.1, 0.15) is 11.5 Å². The highest BCUT2D eigenvalue weighted by atomic mass is 16.3. The summed E-state index contributed by atoms with van der Waals surface area (Å²) < 4.78 is 5.41. The number of nitrogens with one attached hydrogen (secondary N) is 1. The van der Waals surface area contributed by atoms with E-state index in [0.717, 1.165) is 28.2 Å². The van der Waals surface area contributed by atoms with Gasteiger partial charge >= 0.3 is 0 Å². The topological polar surface area (TPSA) is 62.5 Å². The van der Waals surface area contributed by atoms with Gasteiger partial charge < -0.3 is 14.8 Å². The number of carbonyl (C=O) groups excluding carboxylic acids is 1. The molecule has 1 aromatic carbocycles. The largest absolute Gasteiger partial charge is 0.466 e. The normalized spacial score (nSPS) is 12.2. The Balaban J connectivity index is 1.90. The van der Waals surface area contributed by atoms with Gasteiger partial charge in [-0.05, 0) is 52.3 Å². The number of amides is 1. The number of furan rings is 1. The second-order valence-corrected chi connectivity index (χ2v) is 5.81. The zero-order valence-electron chi connectivity index (χ0n) is 13.6. The molecular weight excluding hydrogens is 278 g/mol. The molecule has 0 aliphatic rings. The molecule has 4 nitrogen and oxygen atoms in total. The fraction of sp³-hybridized carbons (Fsp3) is 0.389. The van der Waals surface area contributed by atoms with Gasteiger partial charge in [0.05, 0.1) is 6.10 Å². The van der Waals surface area contributed by atoms with E-state index in [4.69, 9.17) is 4.42 Å². The molecule has 1 amide bonds. The standard InChI is InChI=1S/C18H23NO3/c1-11-7-12(2)9-15(8-11)18(21)19-6-5-17(20)16-10-13(3)22-14(16)4/h7-10,17,20H,5-6H2,1-4H3,(H,19,21). The third-order valence-corrected chi connectivity index (χ3v) is 3.63. The summed E-state index contributed by atoms with van der Waals surface area (Å²) in [4.78, 5) is 12.1. The lowest BCUT2D eigenvalue weighted by Crippen LogP contribution is -2.25. The molecule has 1 aromatic heterocycles. The van der Waals surface area contributed by atoms with Crippen molar-refractivity contribution in [1.82, 2.24) is 5.32 Å². The zero-order chi connectivity index (χ0) is 16.3. The summed E-state index contributed by atoms with van der Waals surface area (Å²) in [6.45, 7) is 8.04. The van der Waals surface area contributed by atoms with Crippen LogP contribution in [0, 0.1) is 27.7 Å². The molecule has 1 heterocycles. The summed E-state index contributed by atoms with van der Waals surface area (Å²) >= 11 is 0. The summed E-state index contributed by atoms with van der Waals surface area (Å²) in [6.07, 6.45) is -0.173. The van der Waals surface area contributed by atoms with Gasteiger partial charge in [-0.2, -0.15) is 0 Å². The average Bonchev–Trinajstić information content (AvgIpc) is 2.76. The van der Waals surface area contributed by atoms with Crippen molar-refractivity contribution in [3.63, 3.8) is 0 Å². The van der Waals surface area contributed by atoms with Gasteiger partial charge in [-0.25, -0.2) is 0 Å². The Kier molecular flexibility index (Phi) is 5.03. The predicted octanol–water partition coefficient (Wildman–Crippen LogP) is 3.37. The Hall–Kier alpha value is -2.07. The van der Waals surface area contributed by atoms with Crippen LogP contribution >= 0.6 is 0 Å². The van der Waals surface area contributed by atoms with Crippen LogP contribution in [0.3, 0.4) is 0 Å². The molecule has 1 atom stereocenters. The Morgan fingerprint density at radius 1 is 1.14 bits per heavy atom. The van der Waals surface area contributed by atoms with Crippen molar-refractivity contribution in [2.45, 2.75) is 40.2 Å². The van der Waals surface area contributed by atoms with E-state index in [9.17, 15) is 9.90 Å². The highest BCUT2D eigenvalue weighted by Gasteiger charge is 2.15. The fourth-order valence-electron chi connectivity index (χ4n) is 2.67. The Morgan fingerprint density at radius 2 is 1.77 bits per heavy atom. The van der Waals surface area contributed by atoms with Gasteiger partial charge in [-0.1, -0.05) is 17.2 Å². The first-order valence-corrected chi connectivity index (χ1v) is 7.48. The minimum Gasteiger partial charge on any atom is -0.466 e. The van der Waals surface area contributed by atoms with Crippen LogP contribution in [0.4, 0.5) is 0 Å². The second kappa shape index (κ2) is 6.79. The number of rotatable bonds is 5. The molecule has 2 rings (SSSR count). The lowest BCUT2D eigenvalue weighted by Gasteiger charge is -2.11. The van der Waals surface area contributed by atoms with Crippen molar-refractivity contribution in [2.24, 2.45) is 0 Å². The van der Waals surface area contributed by atoms with Crippen LogP contribution in [0.1, 0.15) is 51.1 Å². The average molecular weight is 301 g/mol. The molecule has 0 radical (unpaired) electrons. The molecule has 22 heavy (non-hydrogen) atoms. The van der Waals surface area contributed by atoms with Crippen molar-refractivity contribution in [3.05, 3.63) is 58.0 Å². The third-order valence-electron chi connectivity index (χ3n) is 3.63. The molecule has 1 unspecified atom stereocenters. The van der Waals surface area contributed by atoms with Crippen LogP contribution < -0.4 is 5.32 Å². The van der Waals surface area contributed by atoms with Crippen molar-refractivity contribution >= 4 is 5.91 Å². The number of aliphatic hydroxyl groups is 1. The molecule has 0 saturated carbocycles. The minimum absolute atomic E-state index is 0.112. The maximum absolute atomic E-state index is 12.1. The van der Waals surface area contributed by atoms with E-state index in [0.29, 0.717) is 18.5 Å². The Bertz CT molecular complexity index is 653. The minimum atomic E-state index is -0.628. The van der Waals surface area contributed by atoms with Crippen LogP contribution in [-0.4, -0.2) is 17.6 Å². The van der Waals surface area contributed by atoms with Crippen LogP contribution in [0.25, 0.3) is 0 Å². The van der Waals surface area contributed by atoms with Gasteiger partial charge in [0, 0.05) is 17.7 Å². The lowest BCUT2D eigenvalue weighted by atomic mass is 10.1. The van der Waals surface area contributed by atoms with Gasteiger partial charge in [0.25, 0.3) is 5.91 Å². The number of hydrogen-bond donors (Lipinski definition) is 2. The summed E-state index contributed by atoms with van der Waals surface area (Å²) in [7, 11) is 0. The first-order chi connectivity index (χ1) is 10.4. The van der Waals surface area contributed by atoms with E-state index in [2.05, 4.69) is 5.32 Å². The van der Waals surface area contributed by atoms with E-state index >= 15 is 0 Å². The Morgan fingerprint density at radius 3 is 2.32 bits per heavy atom. The van der Waals surface area contributed by atoms with Gasteiger partial charge in [-0.3, -0.25) is 4.79 Å². The first kappa shape index (κ1) is 16.3. The summed E-state index contributed by atoms with van der Waals surface area (Å²) in [5.41, 5.74) is 3.57. The summed E-state index contributed by atoms with van der Waals surface area (Å²) in [5, 5.41) is 13.0. The maximum Gasteiger partial charge on any atom is 0.251 e. The third kappa shape index (κ3) is 3.98. The van der Waals surface area contributed by atoms with E-state index in [-0.39, 0.29) is 5.91 Å². The number of hydrogen-bond acceptors (Lipinski definition) is 3. The van der Waals surface area contributed by atoms with E-state index in [1.165, 1.54) is 0 Å². The van der Waals surface area contributed by atoms with Crippen molar-refractivity contribution in [3.8, 4) is 0 Å². The summed E-state index contributed by atoms with van der Waals surface area (Å²) in [5.74, 6) is 1.40. The number of aryl methyl sites for hydroxylation is 4. The van der Waals surface area contributed by atoms with Gasteiger partial charge in [-0.15, -0.1) is 0 Å². The monoisotopic (exact) mass is 301 g/mol. The predicted molar refractivity (Wildman–Crippen MR) is 86.0 cm³/mol. The molecule has 0 aliphatic heterocycles. The Labute approximate surface area is 131 Å². The van der Waals surface area contributed by atoms with Crippen molar-refractivity contribution in [1.29, 1.82) is 0 Å². The number of benzene rings is 1. The highest BCUT2D eigenvalue weighted by molar-refractivity contribution is 5.94. The number of carbonyl (C=O) groups is 1. The molecule has 2 aromatic rings. The van der Waals surface area contributed by atoms with Crippen LogP contribution in [0.2, 0.25) is 0 Å². The van der Waals surface area contributed by atoms with Crippen molar-refractivity contribution in [2.75, 3.05) is 6.54 Å². The summed E-state index contributed by atoms with van der Waals surface area (Å²) in [6, 6.07) is 7.60. The second-order valence-electron chi connectivity index (χ2n) is 5.81. The smallest absolute Gasteiger partial charge is 0.251 e. The van der Waals surface area contributed by atoms with Gasteiger partial charge in [0.2, 0.25) is 0 Å². The molecule has 0 spiro atoms. The maximum atomic E-state index is 12.1. The molecule has 118 valence electrons. The van der Waals surface area contributed by atoms with E-state index < -0.39 is 6.10 Å². The van der Waals surface area contributed by atoms with Gasteiger partial charge in [0.15, 0.2) is 0 Å². The highest BCUT2D eigenvalue weighted by Crippen LogP contribution is 2.23. The molecule has 2 N–H and O–H groups in total. The molecule has 0 bridgehead atoms. The molecule has 0 fully saturated rings. The lowest BCUT2D eigenvalue weighted by molar-refractivity contribution is 0.0942. The SMILES string of the molecule is Cc1cc(C)cc(C(=O)NCCC(O)c2cc(C)oc2C)c1. The van der Waals surface area contributed by atoms with Crippen LogP contribution in [0.5, 0.6) is 0 Å². The first-order valence-electron chi connectivity index (χ1n) is 7.48. The van der Waals surface area contributed by atoms with E-state index in [1.807, 2.05) is 52.0 Å². The van der Waals surface area contributed by atoms with Crippen LogP contribution in [-0.2, 0) is 0 Å². The zero-order valence-corrected chi connectivity index (χ0v) is 13.6. The van der Waals surface area contributed by atoms with Crippen LogP contribution in [0.15, 0.2) is 28.7 Å². The number of aliphatic hydroxyl groups excluding tert-OH is 1. The molecule has 0 saturated heterocycles. The molecule has 4 heteroatoms. The van der Waals surface area contributed by atoms with Crippen molar-refractivity contribution < 1.29 is 14.3 Å². The molecular formula is C18H23NO3. The molecule has 0 aliphatic carbocycles. The van der Waals surface area contributed by atoms with E-state index in [1.54, 1.807) is 0 Å². The quantitative estimate of drug-likeness (QED) is 0.890.